The molecule has 0 saturated carbocycles. The summed E-state index contributed by atoms with van der Waals surface area (Å²) in [5.41, 5.74) is 2.30. The summed E-state index contributed by atoms with van der Waals surface area (Å²) in [6, 6.07) is 8.16. The van der Waals surface area contributed by atoms with Gasteiger partial charge in [0.05, 0.1) is 6.04 Å². The number of aryl methyl sites for hydroxylation is 1. The largest absolute Gasteiger partial charge is 0.342 e. The molecule has 0 radical (unpaired) electrons. The van der Waals surface area contributed by atoms with E-state index >= 15 is 0 Å². The minimum atomic E-state index is -0.245. The molecule has 0 spiro atoms. The zero-order valence-corrected chi connectivity index (χ0v) is 13.0. The highest BCUT2D eigenvalue weighted by atomic mass is 16.2. The zero-order valence-electron chi connectivity index (χ0n) is 13.0. The number of nitrogens with one attached hydrogen (secondary N) is 2. The van der Waals surface area contributed by atoms with Crippen LogP contribution >= 0.6 is 0 Å². The molecule has 5 nitrogen and oxygen atoms in total. The lowest BCUT2D eigenvalue weighted by Gasteiger charge is -2.16. The van der Waals surface area contributed by atoms with Gasteiger partial charge in [0.2, 0.25) is 5.82 Å². The summed E-state index contributed by atoms with van der Waals surface area (Å²) in [4.78, 5) is 16.5. The Balaban J connectivity index is 2.10. The third-order valence-corrected chi connectivity index (χ3v) is 3.45. The van der Waals surface area contributed by atoms with Gasteiger partial charge in [-0.3, -0.25) is 9.89 Å². The van der Waals surface area contributed by atoms with Crippen LogP contribution in [-0.2, 0) is 0 Å². The van der Waals surface area contributed by atoms with E-state index in [1.165, 1.54) is 5.56 Å². The van der Waals surface area contributed by atoms with Gasteiger partial charge in [-0.15, -0.1) is 5.10 Å². The summed E-state index contributed by atoms with van der Waals surface area (Å²) >= 11 is 0. The van der Waals surface area contributed by atoms with Crippen LogP contribution in [0.2, 0.25) is 0 Å². The molecular formula is C16H22N4O. The zero-order chi connectivity index (χ0) is 15.4. The van der Waals surface area contributed by atoms with Crippen molar-refractivity contribution >= 4 is 5.91 Å². The number of carbonyl (C=O) groups excluding carboxylic acids is 1. The van der Waals surface area contributed by atoms with Gasteiger partial charge in [0, 0.05) is 5.92 Å². The molecule has 2 aromatic rings. The van der Waals surface area contributed by atoms with Gasteiger partial charge in [-0.2, -0.15) is 0 Å². The van der Waals surface area contributed by atoms with Gasteiger partial charge in [0.25, 0.3) is 5.91 Å². The van der Waals surface area contributed by atoms with Crippen molar-refractivity contribution in [3.63, 3.8) is 0 Å². The predicted molar refractivity (Wildman–Crippen MR) is 82.1 cm³/mol. The fourth-order valence-corrected chi connectivity index (χ4v) is 2.08. The number of benzene rings is 1. The number of hydrogen-bond acceptors (Lipinski definition) is 3. The SMILES string of the molecule is CCC(NC(=O)c1n[nH]c(C(C)C)n1)c1ccc(C)cc1. The number of H-pyrrole nitrogens is 1. The smallest absolute Gasteiger partial charge is 0.291 e. The average Bonchev–Trinajstić information content (AvgIpc) is 2.96. The van der Waals surface area contributed by atoms with Crippen LogP contribution in [0.25, 0.3) is 0 Å². The number of hydrogen-bond donors (Lipinski definition) is 2. The molecule has 2 N–H and O–H groups in total. The van der Waals surface area contributed by atoms with E-state index in [1.807, 2.05) is 52.0 Å². The lowest BCUT2D eigenvalue weighted by atomic mass is 10.0. The molecule has 2 rings (SSSR count). The monoisotopic (exact) mass is 286 g/mol. The number of aromatic amines is 1. The topological polar surface area (TPSA) is 70.7 Å². The molecule has 0 aliphatic heterocycles. The maximum absolute atomic E-state index is 12.2. The molecule has 112 valence electrons. The summed E-state index contributed by atoms with van der Waals surface area (Å²) in [5.74, 6) is 0.900. The average molecular weight is 286 g/mol. The molecule has 1 aromatic heterocycles. The van der Waals surface area contributed by atoms with Gasteiger partial charge in [0.1, 0.15) is 5.82 Å². The lowest BCUT2D eigenvalue weighted by molar-refractivity contribution is 0.0925. The molecule has 1 unspecified atom stereocenters. The van der Waals surface area contributed by atoms with E-state index in [4.69, 9.17) is 0 Å². The Bertz CT molecular complexity index is 601. The molecule has 5 heteroatoms. The van der Waals surface area contributed by atoms with Gasteiger partial charge >= 0.3 is 0 Å². The molecule has 1 amide bonds. The second kappa shape index (κ2) is 6.52. The Morgan fingerprint density at radius 2 is 1.95 bits per heavy atom. The van der Waals surface area contributed by atoms with Gasteiger partial charge in [-0.05, 0) is 18.9 Å². The first kappa shape index (κ1) is 15.2. The standard InChI is InChI=1S/C16H22N4O/c1-5-13(12-8-6-11(4)7-9-12)17-16(21)15-18-14(10(2)3)19-20-15/h6-10,13H,5H2,1-4H3,(H,17,21)(H,18,19,20). The second-order valence-electron chi connectivity index (χ2n) is 5.54. The summed E-state index contributed by atoms with van der Waals surface area (Å²) in [6.07, 6.45) is 0.816. The van der Waals surface area contributed by atoms with Gasteiger partial charge in [-0.25, -0.2) is 4.98 Å². The van der Waals surface area contributed by atoms with Crippen molar-refractivity contribution in [2.45, 2.75) is 46.1 Å². The Morgan fingerprint density at radius 1 is 1.29 bits per heavy atom. The van der Waals surface area contributed by atoms with Crippen LogP contribution in [-0.4, -0.2) is 21.1 Å². The van der Waals surface area contributed by atoms with Crippen LogP contribution in [0.4, 0.5) is 0 Å². The van der Waals surface area contributed by atoms with Crippen LogP contribution in [0.5, 0.6) is 0 Å². The number of rotatable bonds is 5. The molecule has 0 fully saturated rings. The Labute approximate surface area is 125 Å². The molecule has 0 bridgehead atoms. The minimum absolute atomic E-state index is 0.0286. The first-order chi connectivity index (χ1) is 10.0. The van der Waals surface area contributed by atoms with Gasteiger partial charge < -0.3 is 5.32 Å². The summed E-state index contributed by atoms with van der Waals surface area (Å²) in [5, 5.41) is 9.77. The third-order valence-electron chi connectivity index (χ3n) is 3.45. The normalized spacial score (nSPS) is 12.4. The Hall–Kier alpha value is -2.17. The number of nitrogens with zero attached hydrogens (tertiary/aromatic N) is 2. The summed E-state index contributed by atoms with van der Waals surface area (Å²) in [7, 11) is 0. The fraction of sp³-hybridized carbons (Fsp3) is 0.438. The van der Waals surface area contributed by atoms with Crippen molar-refractivity contribution in [1.82, 2.24) is 20.5 Å². The second-order valence-corrected chi connectivity index (χ2v) is 5.54. The molecule has 1 atom stereocenters. The van der Waals surface area contributed by atoms with Crippen LogP contribution in [0.15, 0.2) is 24.3 Å². The first-order valence-corrected chi connectivity index (χ1v) is 7.31. The van der Waals surface area contributed by atoms with E-state index < -0.39 is 0 Å². The molecule has 0 aliphatic rings. The maximum Gasteiger partial charge on any atom is 0.291 e. The Kier molecular flexibility index (Phi) is 4.73. The molecule has 21 heavy (non-hydrogen) atoms. The van der Waals surface area contributed by atoms with E-state index in [0.29, 0.717) is 0 Å². The quantitative estimate of drug-likeness (QED) is 0.887. The molecule has 1 heterocycles. The summed E-state index contributed by atoms with van der Waals surface area (Å²) in [6.45, 7) is 8.10. The van der Waals surface area contributed by atoms with Crippen molar-refractivity contribution in [2.75, 3.05) is 0 Å². The highest BCUT2D eigenvalue weighted by Crippen LogP contribution is 2.17. The maximum atomic E-state index is 12.2. The number of aromatic nitrogens is 3. The van der Waals surface area contributed by atoms with E-state index in [1.54, 1.807) is 0 Å². The van der Waals surface area contributed by atoms with Crippen LogP contribution < -0.4 is 5.32 Å². The molecule has 0 saturated heterocycles. The van der Waals surface area contributed by atoms with Crippen molar-refractivity contribution < 1.29 is 4.79 Å². The van der Waals surface area contributed by atoms with E-state index in [2.05, 4.69) is 20.5 Å². The third kappa shape index (κ3) is 3.68. The number of carbonyl (C=O) groups is 1. The van der Waals surface area contributed by atoms with Crippen LogP contribution in [0.3, 0.4) is 0 Å². The first-order valence-electron chi connectivity index (χ1n) is 7.31. The van der Waals surface area contributed by atoms with Crippen LogP contribution in [0, 0.1) is 6.92 Å². The van der Waals surface area contributed by atoms with Gasteiger partial charge in [-0.1, -0.05) is 50.6 Å². The van der Waals surface area contributed by atoms with E-state index in [0.717, 1.165) is 17.8 Å². The fourth-order valence-electron chi connectivity index (χ4n) is 2.08. The Morgan fingerprint density at radius 3 is 2.48 bits per heavy atom. The molecular weight excluding hydrogens is 264 g/mol. The highest BCUT2D eigenvalue weighted by Gasteiger charge is 2.18. The molecule has 1 aromatic carbocycles. The van der Waals surface area contributed by atoms with Crippen molar-refractivity contribution in [2.24, 2.45) is 0 Å². The van der Waals surface area contributed by atoms with Gasteiger partial charge in [0.15, 0.2) is 0 Å². The highest BCUT2D eigenvalue weighted by molar-refractivity contribution is 5.90. The van der Waals surface area contributed by atoms with E-state index in [9.17, 15) is 4.79 Å². The predicted octanol–water partition coefficient (Wildman–Crippen LogP) is 3.12. The van der Waals surface area contributed by atoms with E-state index in [-0.39, 0.29) is 23.7 Å². The summed E-state index contributed by atoms with van der Waals surface area (Å²) < 4.78 is 0. The minimum Gasteiger partial charge on any atom is -0.342 e. The van der Waals surface area contributed by atoms with Crippen molar-refractivity contribution in [1.29, 1.82) is 0 Å². The van der Waals surface area contributed by atoms with Crippen LogP contribution in [0.1, 0.15) is 66.7 Å². The number of amides is 1. The molecule has 0 aliphatic carbocycles. The lowest BCUT2D eigenvalue weighted by Crippen LogP contribution is -2.29. The van der Waals surface area contributed by atoms with Crippen molar-refractivity contribution in [3.8, 4) is 0 Å². The van der Waals surface area contributed by atoms with Crippen molar-refractivity contribution in [3.05, 3.63) is 47.0 Å².